The van der Waals surface area contributed by atoms with Crippen molar-refractivity contribution in [2.24, 2.45) is 0 Å². The van der Waals surface area contributed by atoms with Gasteiger partial charge in [0.1, 0.15) is 11.6 Å². The molecule has 4 rings (SSSR count). The Morgan fingerprint density at radius 3 is 2.75 bits per heavy atom. The summed E-state index contributed by atoms with van der Waals surface area (Å²) in [5.41, 5.74) is 1.41. The van der Waals surface area contributed by atoms with E-state index in [9.17, 15) is 14.0 Å². The van der Waals surface area contributed by atoms with Crippen molar-refractivity contribution < 1.29 is 14.0 Å². The van der Waals surface area contributed by atoms with Gasteiger partial charge in [-0.25, -0.2) is 9.37 Å². The molecule has 1 aromatic heterocycles. The topological polar surface area (TPSA) is 77.6 Å². The molecule has 0 aliphatic carbocycles. The zero-order valence-electron chi connectivity index (χ0n) is 15.4. The first-order chi connectivity index (χ1) is 13.6. The van der Waals surface area contributed by atoms with Crippen LogP contribution in [0.2, 0.25) is 0 Å². The van der Waals surface area contributed by atoms with Gasteiger partial charge in [-0.2, -0.15) is 0 Å². The number of benzene rings is 1. The van der Waals surface area contributed by atoms with E-state index in [1.54, 1.807) is 6.20 Å². The molecule has 0 spiro atoms. The predicted octanol–water partition coefficient (Wildman–Crippen LogP) is 1.87. The third-order valence-corrected chi connectivity index (χ3v) is 5.08. The van der Waals surface area contributed by atoms with Crippen LogP contribution in [0.15, 0.2) is 36.5 Å². The van der Waals surface area contributed by atoms with Crippen molar-refractivity contribution in [2.45, 2.75) is 12.8 Å². The van der Waals surface area contributed by atoms with Gasteiger partial charge in [0, 0.05) is 44.5 Å². The smallest absolute Gasteiger partial charge is 0.238 e. The molecule has 2 aliphatic rings. The monoisotopic (exact) mass is 383 g/mol. The zero-order chi connectivity index (χ0) is 19.5. The summed E-state index contributed by atoms with van der Waals surface area (Å²) in [7, 11) is 0. The third kappa shape index (κ3) is 4.12. The summed E-state index contributed by atoms with van der Waals surface area (Å²) in [6.45, 7) is 3.21. The fourth-order valence-corrected chi connectivity index (χ4v) is 3.56. The number of nitrogens with one attached hydrogen (secondary N) is 2. The molecule has 0 bridgehead atoms. The van der Waals surface area contributed by atoms with Gasteiger partial charge in [-0.15, -0.1) is 0 Å². The van der Waals surface area contributed by atoms with Crippen molar-refractivity contribution in [3.63, 3.8) is 0 Å². The number of carbonyl (C=O) groups is 2. The highest BCUT2D eigenvalue weighted by Crippen LogP contribution is 2.28. The molecule has 2 aliphatic heterocycles. The van der Waals surface area contributed by atoms with E-state index >= 15 is 0 Å². The normalized spacial score (nSPS) is 17.0. The maximum Gasteiger partial charge on any atom is 0.238 e. The Morgan fingerprint density at radius 2 is 2.00 bits per heavy atom. The van der Waals surface area contributed by atoms with Crippen molar-refractivity contribution in [3.8, 4) is 0 Å². The number of hydrogen-bond acceptors (Lipinski definition) is 5. The number of hydrogen-bond donors (Lipinski definition) is 2. The van der Waals surface area contributed by atoms with Gasteiger partial charge in [0.15, 0.2) is 0 Å². The van der Waals surface area contributed by atoms with Crippen molar-refractivity contribution in [1.82, 2.24) is 9.88 Å². The Hall–Kier alpha value is -3.00. The highest BCUT2D eigenvalue weighted by atomic mass is 19.1. The highest BCUT2D eigenvalue weighted by Gasteiger charge is 2.22. The zero-order valence-corrected chi connectivity index (χ0v) is 15.4. The van der Waals surface area contributed by atoms with Crippen molar-refractivity contribution in [3.05, 3.63) is 47.9 Å². The van der Waals surface area contributed by atoms with E-state index < -0.39 is 5.82 Å². The van der Waals surface area contributed by atoms with E-state index in [1.807, 2.05) is 23.1 Å². The van der Waals surface area contributed by atoms with Gasteiger partial charge in [-0.1, -0.05) is 6.07 Å². The number of fused-ring (bicyclic) bond motifs is 1. The molecule has 28 heavy (non-hydrogen) atoms. The van der Waals surface area contributed by atoms with Gasteiger partial charge in [-0.3, -0.25) is 14.5 Å². The Bertz CT molecular complexity index is 882. The van der Waals surface area contributed by atoms with Gasteiger partial charge < -0.3 is 15.5 Å². The van der Waals surface area contributed by atoms with Gasteiger partial charge in [-0.05, 0) is 36.2 Å². The SMILES string of the molecule is O=C(CN1CCN(c2ccccn2)CC1)Nc1cc2c(cc1F)CCC(=O)N2. The van der Waals surface area contributed by atoms with Crippen LogP contribution in [0.3, 0.4) is 0 Å². The second-order valence-electron chi connectivity index (χ2n) is 7.04. The minimum absolute atomic E-state index is 0.0952. The van der Waals surface area contributed by atoms with Crippen LogP contribution in [0, 0.1) is 5.82 Å². The van der Waals surface area contributed by atoms with E-state index in [2.05, 4.69) is 20.5 Å². The third-order valence-electron chi connectivity index (χ3n) is 5.08. The molecule has 0 atom stereocenters. The van der Waals surface area contributed by atoms with Crippen molar-refractivity contribution in [1.29, 1.82) is 0 Å². The summed E-state index contributed by atoms with van der Waals surface area (Å²) >= 11 is 0. The number of nitrogens with zero attached hydrogens (tertiary/aromatic N) is 3. The highest BCUT2D eigenvalue weighted by molar-refractivity contribution is 5.97. The molecule has 1 saturated heterocycles. The first-order valence-electron chi connectivity index (χ1n) is 9.39. The van der Waals surface area contributed by atoms with Crippen LogP contribution in [0.25, 0.3) is 0 Å². The molecule has 0 unspecified atom stereocenters. The minimum atomic E-state index is -0.483. The summed E-state index contributed by atoms with van der Waals surface area (Å²) in [5.74, 6) is 0.0856. The second-order valence-corrected chi connectivity index (χ2v) is 7.04. The Balaban J connectivity index is 1.33. The molecular weight excluding hydrogens is 361 g/mol. The molecule has 0 radical (unpaired) electrons. The molecule has 146 valence electrons. The van der Waals surface area contributed by atoms with Gasteiger partial charge in [0.2, 0.25) is 11.8 Å². The summed E-state index contributed by atoms with van der Waals surface area (Å²) in [5, 5.41) is 5.36. The maximum atomic E-state index is 14.3. The summed E-state index contributed by atoms with van der Waals surface area (Å²) in [4.78, 5) is 32.5. The predicted molar refractivity (Wildman–Crippen MR) is 105 cm³/mol. The fraction of sp³-hybridized carbons (Fsp3) is 0.350. The van der Waals surface area contributed by atoms with Gasteiger partial charge >= 0.3 is 0 Å². The standard InChI is InChI=1S/C20H22FN5O2/c21-15-11-14-4-5-19(27)23-16(14)12-17(15)24-20(28)13-25-7-9-26(10-8-25)18-3-1-2-6-22-18/h1-3,6,11-12H,4-5,7-10,13H2,(H,23,27)(H,24,28). The van der Waals surface area contributed by atoms with Gasteiger partial charge in [0.05, 0.1) is 12.2 Å². The number of amides is 2. The van der Waals surface area contributed by atoms with Crippen LogP contribution >= 0.6 is 0 Å². The Morgan fingerprint density at radius 1 is 1.18 bits per heavy atom. The van der Waals surface area contributed by atoms with E-state index in [-0.39, 0.29) is 24.0 Å². The van der Waals surface area contributed by atoms with Crippen molar-refractivity contribution in [2.75, 3.05) is 48.3 Å². The lowest BCUT2D eigenvalue weighted by Crippen LogP contribution is -2.48. The van der Waals surface area contributed by atoms with Crippen LogP contribution < -0.4 is 15.5 Å². The van der Waals surface area contributed by atoms with Crippen LogP contribution in [-0.2, 0) is 16.0 Å². The summed E-state index contributed by atoms with van der Waals surface area (Å²) in [6, 6.07) is 8.70. The average molecular weight is 383 g/mol. The second kappa shape index (κ2) is 7.93. The largest absolute Gasteiger partial charge is 0.354 e. The van der Waals surface area contributed by atoms with E-state index in [4.69, 9.17) is 0 Å². The molecule has 8 heteroatoms. The minimum Gasteiger partial charge on any atom is -0.354 e. The molecule has 2 N–H and O–H groups in total. The average Bonchev–Trinajstić information content (AvgIpc) is 2.70. The number of halogens is 1. The van der Waals surface area contributed by atoms with Crippen LogP contribution in [0.1, 0.15) is 12.0 Å². The molecule has 2 aromatic rings. The lowest BCUT2D eigenvalue weighted by Gasteiger charge is -2.34. The Labute approximate surface area is 162 Å². The van der Waals surface area contributed by atoms with Crippen LogP contribution in [0.5, 0.6) is 0 Å². The van der Waals surface area contributed by atoms with Crippen LogP contribution in [-0.4, -0.2) is 54.4 Å². The quantitative estimate of drug-likeness (QED) is 0.843. The molecule has 3 heterocycles. The van der Waals surface area contributed by atoms with Crippen LogP contribution in [0.4, 0.5) is 21.6 Å². The molecule has 0 saturated carbocycles. The Kier molecular flexibility index (Phi) is 5.21. The van der Waals surface area contributed by atoms with Crippen molar-refractivity contribution >= 4 is 29.0 Å². The molecule has 1 aromatic carbocycles. The first kappa shape index (κ1) is 18.4. The number of carbonyl (C=O) groups excluding carboxylic acids is 2. The molecule has 2 amide bonds. The number of piperazine rings is 1. The molecule has 1 fully saturated rings. The number of aryl methyl sites for hydroxylation is 1. The maximum absolute atomic E-state index is 14.3. The number of anilines is 3. The lowest BCUT2D eigenvalue weighted by atomic mass is 10.0. The summed E-state index contributed by atoms with van der Waals surface area (Å²) < 4.78 is 14.3. The van der Waals surface area contributed by atoms with E-state index in [1.165, 1.54) is 12.1 Å². The van der Waals surface area contributed by atoms with E-state index in [0.717, 1.165) is 37.6 Å². The molecule has 7 nitrogen and oxygen atoms in total. The van der Waals surface area contributed by atoms with E-state index in [0.29, 0.717) is 18.5 Å². The molecular formula is C20H22FN5O2. The summed E-state index contributed by atoms with van der Waals surface area (Å²) in [6.07, 6.45) is 2.63. The fourth-order valence-electron chi connectivity index (χ4n) is 3.56. The number of pyridine rings is 1. The number of aromatic nitrogens is 1. The number of rotatable bonds is 4. The van der Waals surface area contributed by atoms with Gasteiger partial charge in [0.25, 0.3) is 0 Å². The lowest BCUT2D eigenvalue weighted by molar-refractivity contribution is -0.117. The first-order valence-corrected chi connectivity index (χ1v) is 9.39.